The van der Waals surface area contributed by atoms with Crippen LogP contribution in [0.4, 0.5) is 0 Å². The standard InChI is InChI=1S/C29H33NO5/c31-21(9-8-17-4-2-1-3-5-17)19-14-23(33)26-25-20(19)15-24-29(34)11-10-22(32)27(35-26)28(25,29)12-13-30(24)16-18-6-7-18/h1-5,14,18,22,24,27,32-34H,6-13,15-16H2/t22-,24?,27+,28+,29?/m1/s1. The van der Waals surface area contributed by atoms with Gasteiger partial charge in [-0.3, -0.25) is 9.69 Å². The minimum absolute atomic E-state index is 0.00965. The summed E-state index contributed by atoms with van der Waals surface area (Å²) in [5.74, 6) is 1.03. The Labute approximate surface area is 205 Å². The number of aryl methyl sites for hydroxylation is 1. The van der Waals surface area contributed by atoms with Gasteiger partial charge in [0.25, 0.3) is 0 Å². The van der Waals surface area contributed by atoms with Crippen LogP contribution in [0, 0.1) is 5.92 Å². The number of rotatable bonds is 6. The van der Waals surface area contributed by atoms with Gasteiger partial charge < -0.3 is 20.1 Å². The van der Waals surface area contributed by atoms with Crippen LogP contribution in [0.2, 0.25) is 0 Å². The molecule has 5 atom stereocenters. The van der Waals surface area contributed by atoms with Gasteiger partial charge in [-0.1, -0.05) is 30.3 Å². The zero-order chi connectivity index (χ0) is 23.9. The molecule has 0 radical (unpaired) electrons. The summed E-state index contributed by atoms with van der Waals surface area (Å²) in [6.45, 7) is 1.82. The second-order valence-corrected chi connectivity index (χ2v) is 11.5. The van der Waals surface area contributed by atoms with Crippen LogP contribution in [-0.2, 0) is 18.3 Å². The topological polar surface area (TPSA) is 90.2 Å². The molecule has 6 heteroatoms. The van der Waals surface area contributed by atoms with Crippen LogP contribution in [0.1, 0.15) is 65.6 Å². The lowest BCUT2D eigenvalue weighted by Crippen LogP contribution is -2.77. The molecule has 6 nitrogen and oxygen atoms in total. The average Bonchev–Trinajstić information content (AvgIpc) is 3.60. The maximum absolute atomic E-state index is 13.6. The molecule has 2 bridgehead atoms. The lowest BCUT2D eigenvalue weighted by Gasteiger charge is -2.63. The number of carbonyl (C=O) groups is 1. The number of aromatic hydroxyl groups is 1. The summed E-state index contributed by atoms with van der Waals surface area (Å²) in [5, 5.41) is 34.4. The molecule has 3 aliphatic carbocycles. The first kappa shape index (κ1) is 21.8. The van der Waals surface area contributed by atoms with Gasteiger partial charge in [-0.25, -0.2) is 0 Å². The molecule has 2 unspecified atom stereocenters. The number of benzene rings is 2. The Morgan fingerprint density at radius 1 is 1.14 bits per heavy atom. The average molecular weight is 476 g/mol. The van der Waals surface area contributed by atoms with Crippen LogP contribution in [0.3, 0.4) is 0 Å². The highest BCUT2D eigenvalue weighted by Gasteiger charge is 2.73. The van der Waals surface area contributed by atoms with Gasteiger partial charge in [0.05, 0.1) is 17.1 Å². The molecule has 1 saturated heterocycles. The Bertz CT molecular complexity index is 1190. The summed E-state index contributed by atoms with van der Waals surface area (Å²) in [6, 6.07) is 11.4. The number of hydrogen-bond donors (Lipinski definition) is 3. The van der Waals surface area contributed by atoms with E-state index in [-0.39, 0.29) is 17.6 Å². The van der Waals surface area contributed by atoms with Gasteiger partial charge in [0.1, 0.15) is 6.10 Å². The van der Waals surface area contributed by atoms with Crippen molar-refractivity contribution in [2.45, 2.75) is 80.6 Å². The third kappa shape index (κ3) is 2.96. The predicted molar refractivity (Wildman–Crippen MR) is 130 cm³/mol. The van der Waals surface area contributed by atoms with Gasteiger partial charge in [-0.05, 0) is 74.6 Å². The largest absolute Gasteiger partial charge is 0.504 e. The first-order valence-electron chi connectivity index (χ1n) is 13.2. The van der Waals surface area contributed by atoms with Crippen LogP contribution in [0.15, 0.2) is 36.4 Å². The van der Waals surface area contributed by atoms with E-state index in [4.69, 9.17) is 4.74 Å². The summed E-state index contributed by atoms with van der Waals surface area (Å²) in [7, 11) is 0. The monoisotopic (exact) mass is 475 g/mol. The summed E-state index contributed by atoms with van der Waals surface area (Å²) in [6.07, 6.45) is 4.40. The predicted octanol–water partition coefficient (Wildman–Crippen LogP) is 3.13. The van der Waals surface area contributed by atoms with E-state index >= 15 is 0 Å². The van der Waals surface area contributed by atoms with Gasteiger partial charge in [0.15, 0.2) is 17.3 Å². The highest BCUT2D eigenvalue weighted by molar-refractivity contribution is 5.99. The van der Waals surface area contributed by atoms with Crippen LogP contribution in [-0.4, -0.2) is 62.9 Å². The molecular formula is C29H33NO5. The molecule has 0 aromatic heterocycles. The minimum Gasteiger partial charge on any atom is -0.504 e. The molecule has 2 heterocycles. The van der Waals surface area contributed by atoms with Gasteiger partial charge >= 0.3 is 0 Å². The summed E-state index contributed by atoms with van der Waals surface area (Å²) in [4.78, 5) is 16.0. The number of carbonyl (C=O) groups excluding carboxylic acids is 1. The van der Waals surface area contributed by atoms with E-state index in [9.17, 15) is 20.1 Å². The number of likely N-dealkylation sites (tertiary alicyclic amines) is 1. The second kappa shape index (κ2) is 7.55. The zero-order valence-electron chi connectivity index (χ0n) is 19.9. The van der Waals surface area contributed by atoms with E-state index in [0.717, 1.165) is 29.8 Å². The third-order valence-corrected chi connectivity index (χ3v) is 9.64. The fraction of sp³-hybridized carbons (Fsp3) is 0.552. The molecule has 184 valence electrons. The quantitative estimate of drug-likeness (QED) is 0.557. The van der Waals surface area contributed by atoms with Gasteiger partial charge in [0.2, 0.25) is 0 Å². The van der Waals surface area contributed by atoms with Crippen molar-refractivity contribution in [2.75, 3.05) is 13.1 Å². The van der Waals surface area contributed by atoms with Crippen molar-refractivity contribution in [1.29, 1.82) is 0 Å². The number of Topliss-reactive ketones (excluding diaryl/α,β-unsaturated/α-hetero) is 1. The second-order valence-electron chi connectivity index (χ2n) is 11.5. The third-order valence-electron chi connectivity index (χ3n) is 9.64. The van der Waals surface area contributed by atoms with E-state index in [1.54, 1.807) is 6.07 Å². The minimum atomic E-state index is -1.04. The molecule has 3 N–H and O–H groups in total. The van der Waals surface area contributed by atoms with Gasteiger partial charge in [-0.15, -0.1) is 0 Å². The molecule has 1 spiro atoms. The van der Waals surface area contributed by atoms with Crippen LogP contribution in [0.25, 0.3) is 0 Å². The fourth-order valence-electron chi connectivity index (χ4n) is 7.83. The van der Waals surface area contributed by atoms with Crippen molar-refractivity contribution >= 4 is 5.78 Å². The fourth-order valence-corrected chi connectivity index (χ4v) is 7.83. The van der Waals surface area contributed by atoms with E-state index in [1.807, 2.05) is 30.3 Å². The van der Waals surface area contributed by atoms with Crippen molar-refractivity contribution in [3.05, 3.63) is 58.7 Å². The normalized spacial score (nSPS) is 34.9. The molecule has 2 aromatic carbocycles. The highest BCUT2D eigenvalue weighted by atomic mass is 16.5. The summed E-state index contributed by atoms with van der Waals surface area (Å²) in [5.41, 5.74) is 1.56. The van der Waals surface area contributed by atoms with E-state index in [2.05, 4.69) is 4.90 Å². The number of phenols is 1. The summed E-state index contributed by atoms with van der Waals surface area (Å²) >= 11 is 0. The van der Waals surface area contributed by atoms with Crippen molar-refractivity contribution in [3.63, 3.8) is 0 Å². The Kier molecular flexibility index (Phi) is 4.71. The van der Waals surface area contributed by atoms with Gasteiger partial charge in [-0.2, -0.15) is 0 Å². The Hall–Kier alpha value is -2.41. The van der Waals surface area contributed by atoms with E-state index in [1.165, 1.54) is 12.8 Å². The number of phenolic OH excluding ortho intramolecular Hbond substituents is 1. The molecule has 0 amide bonds. The first-order chi connectivity index (χ1) is 16.9. The zero-order valence-corrected chi connectivity index (χ0v) is 19.9. The number of aliphatic hydroxyl groups excluding tert-OH is 1. The number of nitrogens with zero attached hydrogens (tertiary/aromatic N) is 1. The van der Waals surface area contributed by atoms with Crippen molar-refractivity contribution in [3.8, 4) is 11.5 Å². The maximum atomic E-state index is 13.6. The molecule has 2 aromatic rings. The van der Waals surface area contributed by atoms with E-state index < -0.39 is 23.2 Å². The number of ether oxygens (including phenoxy) is 1. The smallest absolute Gasteiger partial charge is 0.165 e. The van der Waals surface area contributed by atoms with Gasteiger partial charge in [0, 0.05) is 30.1 Å². The molecule has 7 rings (SSSR count). The van der Waals surface area contributed by atoms with Crippen LogP contribution < -0.4 is 4.74 Å². The Morgan fingerprint density at radius 2 is 1.94 bits per heavy atom. The molecular weight excluding hydrogens is 442 g/mol. The lowest BCUT2D eigenvalue weighted by molar-refractivity contribution is -0.208. The van der Waals surface area contributed by atoms with Crippen molar-refractivity contribution in [2.24, 2.45) is 5.92 Å². The lowest BCUT2D eigenvalue weighted by atomic mass is 9.48. The first-order valence-corrected chi connectivity index (χ1v) is 13.2. The van der Waals surface area contributed by atoms with Crippen molar-refractivity contribution in [1.82, 2.24) is 4.90 Å². The Morgan fingerprint density at radius 3 is 2.71 bits per heavy atom. The SMILES string of the molecule is O=C(CCc1ccccc1)c1cc(O)c2c3c1CC1N(CC4CC4)CC[C@@]34[C@@H](O2)[C@H](O)CCC14O. The molecule has 2 saturated carbocycles. The Balaban J connectivity index is 1.34. The van der Waals surface area contributed by atoms with Crippen LogP contribution in [0.5, 0.6) is 11.5 Å². The number of piperidine rings is 1. The molecule has 5 aliphatic rings. The number of hydrogen-bond acceptors (Lipinski definition) is 6. The molecule has 35 heavy (non-hydrogen) atoms. The number of aliphatic hydroxyl groups is 2. The number of ketones is 1. The summed E-state index contributed by atoms with van der Waals surface area (Å²) < 4.78 is 6.29. The highest BCUT2D eigenvalue weighted by Crippen LogP contribution is 2.66. The van der Waals surface area contributed by atoms with Crippen LogP contribution >= 0.6 is 0 Å². The molecule has 2 aliphatic heterocycles. The van der Waals surface area contributed by atoms with E-state index in [0.29, 0.717) is 55.8 Å². The van der Waals surface area contributed by atoms with Crippen molar-refractivity contribution < 1.29 is 24.9 Å². The maximum Gasteiger partial charge on any atom is 0.165 e. The molecule has 3 fully saturated rings.